The van der Waals surface area contributed by atoms with E-state index in [9.17, 15) is 19.2 Å². The molecule has 3 amide bonds. The third-order valence-corrected chi connectivity index (χ3v) is 6.50. The van der Waals surface area contributed by atoms with E-state index >= 15 is 0 Å². The summed E-state index contributed by atoms with van der Waals surface area (Å²) in [5.74, 6) is -0.427. The Kier molecular flexibility index (Phi) is 6.18. The third kappa shape index (κ3) is 4.62. The molecule has 2 aliphatic heterocycles. The molecule has 1 aromatic carbocycles. The maximum atomic E-state index is 12.7. The van der Waals surface area contributed by atoms with Crippen LogP contribution in [-0.4, -0.2) is 57.6 Å². The van der Waals surface area contributed by atoms with Crippen molar-refractivity contribution in [3.8, 4) is 11.3 Å². The van der Waals surface area contributed by atoms with Crippen LogP contribution in [-0.2, 0) is 9.59 Å². The molecule has 32 heavy (non-hydrogen) atoms. The number of thioether (sulfide) groups is 1. The van der Waals surface area contributed by atoms with E-state index in [-0.39, 0.29) is 22.9 Å². The van der Waals surface area contributed by atoms with E-state index in [0.717, 1.165) is 29.5 Å². The number of carboxylic acid groups (broad SMARTS) is 1. The topological polar surface area (TPSA) is 108 Å². The summed E-state index contributed by atoms with van der Waals surface area (Å²) in [6.07, 6.45) is 3.30. The van der Waals surface area contributed by atoms with Crippen LogP contribution < -0.4 is 0 Å². The van der Waals surface area contributed by atoms with Gasteiger partial charge in [0.05, 0.1) is 10.5 Å². The molecule has 2 aliphatic rings. The molecule has 9 heteroatoms. The van der Waals surface area contributed by atoms with Crippen molar-refractivity contribution in [1.29, 1.82) is 0 Å². The highest BCUT2D eigenvalue weighted by atomic mass is 32.2. The van der Waals surface area contributed by atoms with Gasteiger partial charge in [0.1, 0.15) is 18.1 Å². The van der Waals surface area contributed by atoms with Gasteiger partial charge in [0.2, 0.25) is 5.91 Å². The van der Waals surface area contributed by atoms with Gasteiger partial charge in [0.25, 0.3) is 11.1 Å². The normalized spacial score (nSPS) is 18.6. The summed E-state index contributed by atoms with van der Waals surface area (Å²) >= 11 is 0.767. The minimum Gasteiger partial charge on any atom is -0.478 e. The van der Waals surface area contributed by atoms with Crippen LogP contribution in [0.2, 0.25) is 0 Å². The zero-order valence-corrected chi connectivity index (χ0v) is 18.3. The molecule has 0 aliphatic carbocycles. The number of aromatic carboxylic acids is 1. The van der Waals surface area contributed by atoms with Gasteiger partial charge in [-0.15, -0.1) is 0 Å². The fourth-order valence-corrected chi connectivity index (χ4v) is 4.47. The summed E-state index contributed by atoms with van der Waals surface area (Å²) in [5.41, 5.74) is 0.716. The Labute approximate surface area is 188 Å². The minimum atomic E-state index is -1.04. The predicted molar refractivity (Wildman–Crippen MR) is 119 cm³/mol. The van der Waals surface area contributed by atoms with Crippen molar-refractivity contribution < 1.29 is 28.7 Å². The molecule has 0 bridgehead atoms. The Hall–Kier alpha value is -3.33. The van der Waals surface area contributed by atoms with Crippen LogP contribution in [0.3, 0.4) is 0 Å². The van der Waals surface area contributed by atoms with Gasteiger partial charge < -0.3 is 14.4 Å². The number of benzene rings is 1. The van der Waals surface area contributed by atoms with Gasteiger partial charge in [-0.05, 0) is 54.8 Å². The first-order chi connectivity index (χ1) is 15.3. The number of hydrogen-bond donors (Lipinski definition) is 1. The number of furan rings is 1. The van der Waals surface area contributed by atoms with Gasteiger partial charge in [-0.25, -0.2) is 4.79 Å². The summed E-state index contributed by atoms with van der Waals surface area (Å²) in [4.78, 5) is 51.6. The van der Waals surface area contributed by atoms with Crippen LogP contribution in [0.5, 0.6) is 0 Å². The van der Waals surface area contributed by atoms with Crippen molar-refractivity contribution in [2.75, 3.05) is 19.6 Å². The number of rotatable bonds is 5. The maximum absolute atomic E-state index is 12.7. The first-order valence-corrected chi connectivity index (χ1v) is 11.1. The molecular formula is C23H22N2O6S. The molecule has 2 fully saturated rings. The van der Waals surface area contributed by atoms with Gasteiger partial charge in [0.15, 0.2) is 0 Å². The van der Waals surface area contributed by atoms with Crippen molar-refractivity contribution in [3.63, 3.8) is 0 Å². The highest BCUT2D eigenvalue weighted by molar-refractivity contribution is 8.18. The molecule has 4 rings (SSSR count). The van der Waals surface area contributed by atoms with Crippen LogP contribution in [0, 0.1) is 5.92 Å². The van der Waals surface area contributed by atoms with Gasteiger partial charge in [0, 0.05) is 24.7 Å². The van der Waals surface area contributed by atoms with E-state index < -0.39 is 17.1 Å². The van der Waals surface area contributed by atoms with Crippen molar-refractivity contribution in [3.05, 3.63) is 52.6 Å². The monoisotopic (exact) mass is 454 g/mol. The van der Waals surface area contributed by atoms with Crippen molar-refractivity contribution in [2.45, 2.75) is 19.8 Å². The quantitative estimate of drug-likeness (QED) is 0.682. The second kappa shape index (κ2) is 9.04. The lowest BCUT2D eigenvalue weighted by molar-refractivity contribution is -0.136. The molecule has 2 saturated heterocycles. The van der Waals surface area contributed by atoms with Crippen LogP contribution in [0.1, 0.15) is 35.9 Å². The number of carboxylic acids is 1. The van der Waals surface area contributed by atoms with E-state index in [4.69, 9.17) is 9.52 Å². The lowest BCUT2D eigenvalue weighted by Crippen LogP contribution is -2.45. The van der Waals surface area contributed by atoms with Crippen LogP contribution in [0.25, 0.3) is 17.4 Å². The van der Waals surface area contributed by atoms with Crippen LogP contribution >= 0.6 is 11.8 Å². The summed E-state index contributed by atoms with van der Waals surface area (Å²) in [6.45, 7) is 3.17. The van der Waals surface area contributed by atoms with Gasteiger partial charge in [-0.3, -0.25) is 19.3 Å². The number of carbonyl (C=O) groups is 4. The van der Waals surface area contributed by atoms with E-state index in [1.807, 2.05) is 0 Å². The van der Waals surface area contributed by atoms with Gasteiger partial charge in [-0.2, -0.15) is 0 Å². The fraction of sp³-hybridized carbons (Fsp3) is 0.304. The standard InChI is InChI=1S/C23H22N2O6S/c1-14-7-9-24(10-8-14)20(26)13-25-21(27)19(32-23(25)30)12-17-5-6-18(31-17)15-3-2-4-16(11-15)22(28)29/h2-6,11-12,14H,7-10,13H2,1H3,(H,28,29). The molecule has 0 spiro atoms. The predicted octanol–water partition coefficient (Wildman–Crippen LogP) is 3.94. The number of carbonyl (C=O) groups excluding carboxylic acids is 3. The van der Waals surface area contributed by atoms with Gasteiger partial charge >= 0.3 is 5.97 Å². The second-order valence-electron chi connectivity index (χ2n) is 7.92. The van der Waals surface area contributed by atoms with Crippen LogP contribution in [0.4, 0.5) is 4.79 Å². The number of amides is 3. The minimum absolute atomic E-state index is 0.134. The second-order valence-corrected chi connectivity index (χ2v) is 8.91. The van der Waals surface area contributed by atoms with Crippen molar-refractivity contribution >= 4 is 40.9 Å². The van der Waals surface area contributed by atoms with Crippen LogP contribution in [0.15, 0.2) is 45.7 Å². The first-order valence-electron chi connectivity index (χ1n) is 10.3. The number of hydrogen-bond acceptors (Lipinski definition) is 6. The average molecular weight is 455 g/mol. The number of nitrogens with zero attached hydrogens (tertiary/aromatic N) is 2. The zero-order valence-electron chi connectivity index (χ0n) is 17.4. The van der Waals surface area contributed by atoms with E-state index in [1.165, 1.54) is 18.2 Å². The largest absolute Gasteiger partial charge is 0.478 e. The molecule has 0 unspecified atom stereocenters. The third-order valence-electron chi connectivity index (χ3n) is 5.60. The Balaban J connectivity index is 1.46. The van der Waals surface area contributed by atoms with E-state index in [2.05, 4.69) is 6.92 Å². The SMILES string of the molecule is CC1CCN(C(=O)CN2C(=O)SC(=Cc3ccc(-c4cccc(C(=O)O)c4)o3)C2=O)CC1. The maximum Gasteiger partial charge on any atom is 0.335 e. The smallest absolute Gasteiger partial charge is 0.335 e. The number of piperidine rings is 1. The Morgan fingerprint density at radius 2 is 1.94 bits per heavy atom. The molecule has 166 valence electrons. The number of likely N-dealkylation sites (tertiary alicyclic amines) is 1. The Morgan fingerprint density at radius 3 is 2.66 bits per heavy atom. The molecule has 0 atom stereocenters. The van der Waals surface area contributed by atoms with Gasteiger partial charge in [-0.1, -0.05) is 19.1 Å². The molecule has 1 aromatic heterocycles. The molecular weight excluding hydrogens is 432 g/mol. The summed E-state index contributed by atoms with van der Waals surface area (Å²) < 4.78 is 5.73. The van der Waals surface area contributed by atoms with E-state index in [1.54, 1.807) is 29.2 Å². The Morgan fingerprint density at radius 1 is 1.19 bits per heavy atom. The summed E-state index contributed by atoms with van der Waals surface area (Å²) in [5, 5.41) is 8.66. The zero-order chi connectivity index (χ0) is 22.8. The van der Waals surface area contributed by atoms with Crippen molar-refractivity contribution in [2.24, 2.45) is 5.92 Å². The molecule has 8 nitrogen and oxygen atoms in total. The van der Waals surface area contributed by atoms with E-state index in [0.29, 0.717) is 36.1 Å². The first kappa shape index (κ1) is 21.9. The highest BCUT2D eigenvalue weighted by Crippen LogP contribution is 2.33. The number of imide groups is 1. The summed E-state index contributed by atoms with van der Waals surface area (Å²) in [7, 11) is 0. The molecule has 0 saturated carbocycles. The lowest BCUT2D eigenvalue weighted by atomic mass is 9.99. The van der Waals surface area contributed by atoms with Crippen molar-refractivity contribution in [1.82, 2.24) is 9.80 Å². The lowest BCUT2D eigenvalue weighted by Gasteiger charge is -2.31. The fourth-order valence-electron chi connectivity index (χ4n) is 3.65. The molecule has 2 aromatic rings. The molecule has 1 N–H and O–H groups in total. The average Bonchev–Trinajstić information content (AvgIpc) is 3.34. The Bertz CT molecular complexity index is 1110. The molecule has 3 heterocycles. The molecule has 0 radical (unpaired) electrons. The highest BCUT2D eigenvalue weighted by Gasteiger charge is 2.37. The summed E-state index contributed by atoms with van der Waals surface area (Å²) in [6, 6.07) is 9.61.